The van der Waals surface area contributed by atoms with Gasteiger partial charge in [-0.05, 0) is 80.2 Å². The molecule has 0 unspecified atom stereocenters. The summed E-state index contributed by atoms with van der Waals surface area (Å²) in [5, 5.41) is 0. The molecule has 2 aliphatic rings. The quantitative estimate of drug-likeness (QED) is 0.307. The molecule has 0 bridgehead atoms. The third-order valence-electron chi connectivity index (χ3n) is 7.38. The molecule has 27 heavy (non-hydrogen) atoms. The van der Waals surface area contributed by atoms with Crippen molar-refractivity contribution in [3.63, 3.8) is 0 Å². The molecule has 152 valence electrons. The van der Waals surface area contributed by atoms with E-state index in [1.807, 2.05) is 0 Å². The van der Waals surface area contributed by atoms with Crippen LogP contribution in [0.5, 0.6) is 0 Å². The molecule has 3 heteroatoms. The van der Waals surface area contributed by atoms with Gasteiger partial charge in [-0.1, -0.05) is 55.2 Å². The molecule has 0 spiro atoms. The zero-order chi connectivity index (χ0) is 18.9. The fourth-order valence-corrected chi connectivity index (χ4v) is 9.01. The van der Waals surface area contributed by atoms with Gasteiger partial charge in [-0.15, -0.1) is 0 Å². The Labute approximate surface area is 166 Å². The maximum absolute atomic E-state index is 12.4. The van der Waals surface area contributed by atoms with Crippen LogP contribution in [0.2, 0.25) is 18.1 Å². The van der Waals surface area contributed by atoms with E-state index in [4.69, 9.17) is 0 Å². The van der Waals surface area contributed by atoms with Crippen LogP contribution in [0.3, 0.4) is 0 Å². The molecule has 0 nitrogen and oxygen atoms in total. The second kappa shape index (κ2) is 11.3. The minimum Gasteiger partial charge on any atom is -0.251 e. The zero-order valence-electron chi connectivity index (χ0n) is 17.0. The number of aryl methyl sites for hydroxylation is 1. The van der Waals surface area contributed by atoms with Crippen LogP contribution in [0.25, 0.3) is 0 Å². The van der Waals surface area contributed by atoms with Crippen molar-refractivity contribution in [1.82, 2.24) is 0 Å². The van der Waals surface area contributed by atoms with Crippen molar-refractivity contribution in [1.29, 1.82) is 0 Å². The SMILES string of the molecule is FCCCCc1ccc([C@H]2CC[C@H]([C@H]3CC[Si@H](CCCF)CC3)CC2)cc1. The minimum atomic E-state index is -0.575. The van der Waals surface area contributed by atoms with Gasteiger partial charge in [0.15, 0.2) is 0 Å². The maximum atomic E-state index is 12.4. The summed E-state index contributed by atoms with van der Waals surface area (Å²) < 4.78 is 24.6. The summed E-state index contributed by atoms with van der Waals surface area (Å²) in [5.41, 5.74) is 2.87. The first kappa shape index (κ1) is 21.0. The second-order valence-corrected chi connectivity index (χ2v) is 12.6. The lowest BCUT2D eigenvalue weighted by molar-refractivity contribution is 0.216. The van der Waals surface area contributed by atoms with Crippen molar-refractivity contribution in [2.24, 2.45) is 11.8 Å². The maximum Gasteiger partial charge on any atom is 0.0894 e. The highest BCUT2D eigenvalue weighted by molar-refractivity contribution is 6.58. The van der Waals surface area contributed by atoms with Crippen molar-refractivity contribution in [2.75, 3.05) is 13.3 Å². The third-order valence-corrected chi connectivity index (χ3v) is 10.9. The predicted molar refractivity (Wildman–Crippen MR) is 115 cm³/mol. The Hall–Kier alpha value is -0.703. The Bertz CT molecular complexity index is 514. The highest BCUT2D eigenvalue weighted by Crippen LogP contribution is 2.43. The summed E-state index contributed by atoms with van der Waals surface area (Å²) in [6.45, 7) is -0.293. The van der Waals surface area contributed by atoms with Gasteiger partial charge in [0.1, 0.15) is 0 Å². The monoisotopic (exact) mass is 392 g/mol. The Morgan fingerprint density at radius 3 is 2.00 bits per heavy atom. The number of hydrogen-bond acceptors (Lipinski definition) is 0. The first-order chi connectivity index (χ1) is 13.3. The van der Waals surface area contributed by atoms with Crippen LogP contribution < -0.4 is 0 Å². The summed E-state index contributed by atoms with van der Waals surface area (Å²) in [6, 6.07) is 13.4. The minimum absolute atomic E-state index is 0.102. The summed E-state index contributed by atoms with van der Waals surface area (Å²) in [6.07, 6.45) is 11.9. The molecule has 1 saturated carbocycles. The van der Waals surface area contributed by atoms with E-state index in [1.165, 1.54) is 67.8 Å². The Balaban J connectivity index is 1.40. The van der Waals surface area contributed by atoms with Crippen LogP contribution in [0.1, 0.15) is 74.8 Å². The Kier molecular flexibility index (Phi) is 8.82. The molecule has 1 aromatic rings. The molecule has 1 heterocycles. The van der Waals surface area contributed by atoms with Gasteiger partial charge < -0.3 is 0 Å². The average molecular weight is 393 g/mol. The first-order valence-electron chi connectivity index (χ1n) is 11.5. The van der Waals surface area contributed by atoms with Crippen molar-refractivity contribution in [3.8, 4) is 0 Å². The van der Waals surface area contributed by atoms with Crippen LogP contribution in [0.15, 0.2) is 24.3 Å². The van der Waals surface area contributed by atoms with Crippen molar-refractivity contribution in [2.45, 2.75) is 88.3 Å². The van der Waals surface area contributed by atoms with Gasteiger partial charge in [0.2, 0.25) is 0 Å². The molecule has 0 radical (unpaired) electrons. The van der Waals surface area contributed by atoms with Gasteiger partial charge in [0.05, 0.1) is 13.3 Å². The molecular formula is C24H38F2Si. The highest BCUT2D eigenvalue weighted by Gasteiger charge is 2.31. The molecule has 0 aromatic heterocycles. The van der Waals surface area contributed by atoms with E-state index < -0.39 is 8.80 Å². The molecule has 0 atom stereocenters. The van der Waals surface area contributed by atoms with Crippen LogP contribution in [0.4, 0.5) is 8.78 Å². The van der Waals surface area contributed by atoms with Gasteiger partial charge in [-0.2, -0.15) is 0 Å². The fourth-order valence-electron chi connectivity index (χ4n) is 5.62. The number of unbranched alkanes of at least 4 members (excludes halogenated alkanes) is 1. The van der Waals surface area contributed by atoms with Crippen LogP contribution in [-0.2, 0) is 6.42 Å². The van der Waals surface area contributed by atoms with E-state index in [-0.39, 0.29) is 13.3 Å². The molecule has 1 aromatic carbocycles. The number of halogens is 2. The highest BCUT2D eigenvalue weighted by atomic mass is 28.3. The lowest BCUT2D eigenvalue weighted by atomic mass is 9.72. The molecule has 0 amide bonds. The number of benzene rings is 1. The zero-order valence-corrected chi connectivity index (χ0v) is 18.1. The van der Waals surface area contributed by atoms with E-state index in [9.17, 15) is 8.78 Å². The first-order valence-corrected chi connectivity index (χ1v) is 14.0. The van der Waals surface area contributed by atoms with Gasteiger partial charge in [0.25, 0.3) is 0 Å². The molecule has 1 aliphatic carbocycles. The molecule has 2 fully saturated rings. The van der Waals surface area contributed by atoms with E-state index in [0.29, 0.717) is 6.42 Å². The summed E-state index contributed by atoms with van der Waals surface area (Å²) >= 11 is 0. The topological polar surface area (TPSA) is 0 Å². The van der Waals surface area contributed by atoms with E-state index in [2.05, 4.69) is 24.3 Å². The summed E-state index contributed by atoms with van der Waals surface area (Å²) in [7, 11) is -0.575. The second-order valence-electron chi connectivity index (χ2n) is 9.11. The molecule has 3 rings (SSSR count). The van der Waals surface area contributed by atoms with Crippen molar-refractivity contribution in [3.05, 3.63) is 35.4 Å². The Morgan fingerprint density at radius 1 is 0.741 bits per heavy atom. The van der Waals surface area contributed by atoms with E-state index in [0.717, 1.165) is 37.0 Å². The molecule has 1 saturated heterocycles. The van der Waals surface area contributed by atoms with E-state index in [1.54, 1.807) is 0 Å². The van der Waals surface area contributed by atoms with Gasteiger partial charge in [0, 0.05) is 8.80 Å². The van der Waals surface area contributed by atoms with Gasteiger partial charge in [-0.3, -0.25) is 8.78 Å². The molecule has 0 N–H and O–H groups in total. The summed E-state index contributed by atoms with van der Waals surface area (Å²) in [5.74, 6) is 2.67. The van der Waals surface area contributed by atoms with Crippen molar-refractivity contribution < 1.29 is 8.78 Å². The number of hydrogen-bond donors (Lipinski definition) is 0. The number of alkyl halides is 2. The normalized spacial score (nSPS) is 29.0. The average Bonchev–Trinajstić information content (AvgIpc) is 2.73. The largest absolute Gasteiger partial charge is 0.251 e. The van der Waals surface area contributed by atoms with E-state index >= 15 is 0 Å². The van der Waals surface area contributed by atoms with Crippen LogP contribution in [0, 0.1) is 11.8 Å². The molecule has 1 aliphatic heterocycles. The standard InChI is InChI=1S/C24H38F2Si/c25-15-2-1-4-20-5-7-21(8-6-20)22-9-11-23(12-10-22)24-13-18-27(19-14-24)17-3-16-26/h5-8,22-24,27H,1-4,9-19H2/t22-,23-,24-,27-. The van der Waals surface area contributed by atoms with Gasteiger partial charge >= 0.3 is 0 Å². The lowest BCUT2D eigenvalue weighted by Gasteiger charge is -2.37. The lowest BCUT2D eigenvalue weighted by Crippen LogP contribution is -2.28. The van der Waals surface area contributed by atoms with Crippen LogP contribution in [-0.4, -0.2) is 22.1 Å². The van der Waals surface area contributed by atoms with Gasteiger partial charge in [-0.25, -0.2) is 0 Å². The van der Waals surface area contributed by atoms with Crippen molar-refractivity contribution >= 4 is 8.80 Å². The smallest absolute Gasteiger partial charge is 0.0894 e. The molecular weight excluding hydrogens is 354 g/mol. The fraction of sp³-hybridized carbons (Fsp3) is 0.750. The summed E-state index contributed by atoms with van der Waals surface area (Å²) in [4.78, 5) is 0. The predicted octanol–water partition coefficient (Wildman–Crippen LogP) is 7.25. The number of rotatable bonds is 9. The third kappa shape index (κ3) is 6.41. The van der Waals surface area contributed by atoms with Crippen LogP contribution >= 0.6 is 0 Å². The Morgan fingerprint density at radius 2 is 1.37 bits per heavy atom.